The van der Waals surface area contributed by atoms with Crippen LogP contribution in [0.25, 0.3) is 0 Å². The van der Waals surface area contributed by atoms with Gasteiger partial charge in [-0.3, -0.25) is 4.99 Å². The molecule has 2 N–H and O–H groups in total. The maximum absolute atomic E-state index is 6.12. The summed E-state index contributed by atoms with van der Waals surface area (Å²) >= 11 is 0. The van der Waals surface area contributed by atoms with Gasteiger partial charge < -0.3 is 24.8 Å². The van der Waals surface area contributed by atoms with Crippen LogP contribution in [0.15, 0.2) is 47.6 Å². The summed E-state index contributed by atoms with van der Waals surface area (Å²) in [5.74, 6) is 2.69. The standard InChI is InChI=1S/C23H30N4O3.HI/c1-3-13-28-20-8-4-5-9-21(20)30-22-16(7-6-12-25-22)15-26-23(24-2)27-18-14-17-10-11-19(18)29-17;/h4-9,12,17-19H,3,10-11,13-15H2,1-2H3,(H2,24,26,27);1H. The first kappa shape index (κ1) is 23.6. The summed E-state index contributed by atoms with van der Waals surface area (Å²) in [7, 11) is 1.78. The van der Waals surface area contributed by atoms with Crippen molar-refractivity contribution in [1.29, 1.82) is 0 Å². The van der Waals surface area contributed by atoms with Gasteiger partial charge in [0.05, 0.1) is 24.9 Å². The zero-order chi connectivity index (χ0) is 20.8. The Morgan fingerprint density at radius 2 is 2.03 bits per heavy atom. The molecule has 3 unspecified atom stereocenters. The van der Waals surface area contributed by atoms with Crippen molar-refractivity contribution in [3.63, 3.8) is 0 Å². The number of guanidine groups is 1. The number of benzene rings is 1. The van der Waals surface area contributed by atoms with Gasteiger partial charge in [-0.15, -0.1) is 24.0 Å². The predicted molar refractivity (Wildman–Crippen MR) is 132 cm³/mol. The number of fused-ring (bicyclic) bond motifs is 2. The summed E-state index contributed by atoms with van der Waals surface area (Å²) in [6.07, 6.45) is 6.71. The van der Waals surface area contributed by atoms with E-state index in [0.29, 0.717) is 43.0 Å². The number of aromatic nitrogens is 1. The topological polar surface area (TPSA) is 77.0 Å². The molecule has 168 valence electrons. The second-order valence-corrected chi connectivity index (χ2v) is 7.65. The van der Waals surface area contributed by atoms with E-state index >= 15 is 0 Å². The average Bonchev–Trinajstić information content (AvgIpc) is 3.40. The fourth-order valence-electron chi connectivity index (χ4n) is 3.96. The summed E-state index contributed by atoms with van der Waals surface area (Å²) < 4.78 is 17.9. The molecular weight excluding hydrogens is 507 g/mol. The highest BCUT2D eigenvalue weighted by Gasteiger charge is 2.41. The Balaban J connectivity index is 0.00000272. The van der Waals surface area contributed by atoms with Crippen molar-refractivity contribution in [3.8, 4) is 17.4 Å². The molecule has 0 saturated carbocycles. The molecule has 3 heterocycles. The SMILES string of the molecule is CCCOc1ccccc1Oc1ncccc1CNC(=NC)NC1CC2CCC1O2.I. The van der Waals surface area contributed by atoms with Crippen molar-refractivity contribution in [1.82, 2.24) is 15.6 Å². The number of hydrogen-bond donors (Lipinski definition) is 2. The third-order valence-corrected chi connectivity index (χ3v) is 5.47. The van der Waals surface area contributed by atoms with Crippen LogP contribution in [-0.4, -0.2) is 42.8 Å². The van der Waals surface area contributed by atoms with E-state index in [-0.39, 0.29) is 24.0 Å². The van der Waals surface area contributed by atoms with Crippen LogP contribution < -0.4 is 20.1 Å². The molecule has 2 aromatic rings. The van der Waals surface area contributed by atoms with Crippen molar-refractivity contribution in [2.45, 2.75) is 57.4 Å². The van der Waals surface area contributed by atoms with E-state index in [2.05, 4.69) is 27.5 Å². The molecule has 1 aromatic carbocycles. The molecule has 2 aliphatic heterocycles. The highest BCUT2D eigenvalue weighted by molar-refractivity contribution is 14.0. The van der Waals surface area contributed by atoms with Crippen molar-refractivity contribution >= 4 is 29.9 Å². The van der Waals surface area contributed by atoms with Gasteiger partial charge in [0.25, 0.3) is 0 Å². The van der Waals surface area contributed by atoms with Crippen molar-refractivity contribution in [2.24, 2.45) is 4.99 Å². The van der Waals surface area contributed by atoms with Gasteiger partial charge in [-0.05, 0) is 43.9 Å². The molecule has 8 heteroatoms. The molecule has 0 amide bonds. The lowest BCUT2D eigenvalue weighted by Crippen LogP contribution is -2.47. The van der Waals surface area contributed by atoms with Crippen LogP contribution in [0.2, 0.25) is 0 Å². The van der Waals surface area contributed by atoms with Crippen LogP contribution in [0.4, 0.5) is 0 Å². The number of pyridine rings is 1. The zero-order valence-corrected chi connectivity index (χ0v) is 20.4. The molecule has 2 saturated heterocycles. The summed E-state index contributed by atoms with van der Waals surface area (Å²) in [4.78, 5) is 8.80. The van der Waals surface area contributed by atoms with Crippen LogP contribution >= 0.6 is 24.0 Å². The molecule has 4 rings (SSSR count). The smallest absolute Gasteiger partial charge is 0.224 e. The minimum atomic E-state index is 0. The number of rotatable bonds is 8. The van der Waals surface area contributed by atoms with Crippen LogP contribution in [0.5, 0.6) is 17.4 Å². The van der Waals surface area contributed by atoms with Crippen molar-refractivity contribution in [2.75, 3.05) is 13.7 Å². The number of nitrogens with one attached hydrogen (secondary N) is 2. The van der Waals surface area contributed by atoms with Crippen molar-refractivity contribution in [3.05, 3.63) is 48.2 Å². The molecule has 0 radical (unpaired) electrons. The van der Waals surface area contributed by atoms with Gasteiger partial charge in [0.15, 0.2) is 17.5 Å². The van der Waals surface area contributed by atoms with E-state index in [1.54, 1.807) is 13.2 Å². The summed E-state index contributed by atoms with van der Waals surface area (Å²) in [5, 5.41) is 6.88. The second-order valence-electron chi connectivity index (χ2n) is 7.65. The Kier molecular flexibility index (Phi) is 8.77. The Morgan fingerprint density at radius 1 is 1.19 bits per heavy atom. The summed E-state index contributed by atoms with van der Waals surface area (Å²) in [6.45, 7) is 3.27. The zero-order valence-electron chi connectivity index (χ0n) is 18.0. The number of nitrogens with zero attached hydrogens (tertiary/aromatic N) is 2. The molecular formula is C23H31IN4O3. The lowest BCUT2D eigenvalue weighted by atomic mass is 9.96. The largest absolute Gasteiger partial charge is 0.490 e. The molecule has 2 aliphatic rings. The Morgan fingerprint density at radius 3 is 2.74 bits per heavy atom. The Labute approximate surface area is 201 Å². The molecule has 1 aromatic heterocycles. The molecule has 3 atom stereocenters. The maximum Gasteiger partial charge on any atom is 0.224 e. The highest BCUT2D eigenvalue weighted by Crippen LogP contribution is 2.34. The Bertz CT molecular complexity index is 879. The minimum Gasteiger partial charge on any atom is -0.490 e. The van der Waals surface area contributed by atoms with Crippen LogP contribution in [-0.2, 0) is 11.3 Å². The molecule has 0 spiro atoms. The van der Waals surface area contributed by atoms with Gasteiger partial charge in [0.2, 0.25) is 5.88 Å². The van der Waals surface area contributed by atoms with Gasteiger partial charge in [0.1, 0.15) is 0 Å². The van der Waals surface area contributed by atoms with E-state index in [1.807, 2.05) is 36.4 Å². The highest BCUT2D eigenvalue weighted by atomic mass is 127. The molecule has 2 bridgehead atoms. The van der Waals surface area contributed by atoms with Gasteiger partial charge >= 0.3 is 0 Å². The minimum absolute atomic E-state index is 0. The fraction of sp³-hybridized carbons (Fsp3) is 0.478. The van der Waals surface area contributed by atoms with Gasteiger partial charge in [-0.1, -0.05) is 25.1 Å². The quantitative estimate of drug-likeness (QED) is 0.297. The summed E-state index contributed by atoms with van der Waals surface area (Å²) in [6, 6.07) is 11.9. The van der Waals surface area contributed by atoms with Gasteiger partial charge in [-0.25, -0.2) is 4.98 Å². The molecule has 2 fully saturated rings. The molecule has 0 aliphatic carbocycles. The van der Waals surface area contributed by atoms with E-state index in [4.69, 9.17) is 14.2 Å². The van der Waals surface area contributed by atoms with E-state index in [0.717, 1.165) is 36.5 Å². The first-order chi connectivity index (χ1) is 14.8. The lowest BCUT2D eigenvalue weighted by molar-refractivity contribution is 0.0992. The number of aliphatic imine (C=N–C) groups is 1. The number of halogens is 1. The van der Waals surface area contributed by atoms with Crippen LogP contribution in [0, 0.1) is 0 Å². The van der Waals surface area contributed by atoms with E-state index in [1.165, 1.54) is 6.42 Å². The average molecular weight is 538 g/mol. The van der Waals surface area contributed by atoms with Crippen LogP contribution in [0.3, 0.4) is 0 Å². The number of para-hydroxylation sites is 2. The van der Waals surface area contributed by atoms with Gasteiger partial charge in [-0.2, -0.15) is 0 Å². The van der Waals surface area contributed by atoms with E-state index < -0.39 is 0 Å². The first-order valence-corrected chi connectivity index (χ1v) is 10.7. The second kappa shape index (κ2) is 11.5. The predicted octanol–water partition coefficient (Wildman–Crippen LogP) is 4.27. The lowest BCUT2D eigenvalue weighted by Gasteiger charge is -2.23. The number of hydrogen-bond acceptors (Lipinski definition) is 5. The third-order valence-electron chi connectivity index (χ3n) is 5.47. The fourth-order valence-corrected chi connectivity index (χ4v) is 3.96. The maximum atomic E-state index is 6.12. The molecule has 7 nitrogen and oxygen atoms in total. The normalized spacial score (nSPS) is 22.0. The number of ether oxygens (including phenoxy) is 3. The van der Waals surface area contributed by atoms with Gasteiger partial charge in [0, 0.05) is 25.4 Å². The first-order valence-electron chi connectivity index (χ1n) is 10.7. The molecule has 31 heavy (non-hydrogen) atoms. The van der Waals surface area contributed by atoms with E-state index in [9.17, 15) is 0 Å². The van der Waals surface area contributed by atoms with Crippen LogP contribution in [0.1, 0.15) is 38.2 Å². The third kappa shape index (κ3) is 6.00. The summed E-state index contributed by atoms with van der Waals surface area (Å²) in [5.41, 5.74) is 0.940. The monoisotopic (exact) mass is 538 g/mol. The van der Waals surface area contributed by atoms with Crippen molar-refractivity contribution < 1.29 is 14.2 Å². The Hall–Kier alpha value is -2.07.